The summed E-state index contributed by atoms with van der Waals surface area (Å²) in [5.74, 6) is 0.884. The largest absolute Gasteiger partial charge is 0.459 e. The molecule has 3 rings (SSSR count). The van der Waals surface area contributed by atoms with E-state index in [1.807, 2.05) is 36.4 Å². The maximum atomic E-state index is 6.11. The average Bonchev–Trinajstić information content (AvgIpc) is 2.87. The molecule has 108 valence electrons. The first-order valence-corrected chi connectivity index (χ1v) is 8.40. The van der Waals surface area contributed by atoms with Gasteiger partial charge in [-0.15, -0.1) is 0 Å². The molecule has 0 aliphatic carbocycles. The van der Waals surface area contributed by atoms with Crippen LogP contribution in [0, 0.1) is 0 Å². The van der Waals surface area contributed by atoms with Crippen LogP contribution in [-0.4, -0.2) is 0 Å². The molecule has 2 aromatic carbocycles. The number of furan rings is 1. The highest BCUT2D eigenvalue weighted by Crippen LogP contribution is 2.33. The second-order valence-electron chi connectivity index (χ2n) is 4.80. The Morgan fingerprint density at radius 1 is 1.14 bits per heavy atom. The molecule has 0 radical (unpaired) electrons. The lowest BCUT2D eigenvalue weighted by Crippen LogP contribution is -2.05. The summed E-state index contributed by atoms with van der Waals surface area (Å²) in [4.78, 5) is 0. The van der Waals surface area contributed by atoms with E-state index in [0.717, 1.165) is 31.4 Å². The smallest absolute Gasteiger partial charge is 0.134 e. The Kier molecular flexibility index (Phi) is 4.29. The predicted octanol–water partition coefficient (Wildman–Crippen LogP) is 6.78. The number of rotatable bonds is 3. The van der Waals surface area contributed by atoms with E-state index >= 15 is 0 Å². The van der Waals surface area contributed by atoms with Crippen LogP contribution in [0.4, 0.5) is 5.69 Å². The van der Waals surface area contributed by atoms with Crippen molar-refractivity contribution >= 4 is 60.1 Å². The molecule has 1 unspecified atom stereocenters. The van der Waals surface area contributed by atoms with Gasteiger partial charge in [-0.2, -0.15) is 0 Å². The van der Waals surface area contributed by atoms with Crippen LogP contribution in [0.3, 0.4) is 0 Å². The summed E-state index contributed by atoms with van der Waals surface area (Å²) in [6.07, 6.45) is 0. The van der Waals surface area contributed by atoms with Gasteiger partial charge < -0.3 is 9.73 Å². The summed E-state index contributed by atoms with van der Waals surface area (Å²) in [5.41, 5.74) is 1.82. The normalized spacial score (nSPS) is 12.6. The van der Waals surface area contributed by atoms with Gasteiger partial charge in [-0.1, -0.05) is 33.6 Å². The van der Waals surface area contributed by atoms with Gasteiger partial charge in [-0.05, 0) is 59.3 Å². The molecular weight excluding hydrogens is 417 g/mol. The summed E-state index contributed by atoms with van der Waals surface area (Å²) in [5, 5.41) is 5.17. The summed E-state index contributed by atoms with van der Waals surface area (Å²) >= 11 is 13.1. The van der Waals surface area contributed by atoms with Gasteiger partial charge in [-0.25, -0.2) is 0 Å². The average molecular weight is 430 g/mol. The zero-order valence-corrected chi connectivity index (χ0v) is 15.1. The maximum absolute atomic E-state index is 6.11. The monoisotopic (exact) mass is 427 g/mol. The van der Waals surface area contributed by atoms with E-state index in [1.165, 1.54) is 0 Å². The van der Waals surface area contributed by atoms with Crippen LogP contribution in [0.2, 0.25) is 5.02 Å². The fourth-order valence-corrected chi connectivity index (χ4v) is 3.10. The minimum absolute atomic E-state index is 0.0333. The minimum Gasteiger partial charge on any atom is -0.459 e. The molecule has 5 heteroatoms. The van der Waals surface area contributed by atoms with Crippen molar-refractivity contribution < 1.29 is 4.42 Å². The van der Waals surface area contributed by atoms with E-state index in [-0.39, 0.29) is 6.04 Å². The van der Waals surface area contributed by atoms with Crippen LogP contribution in [0.15, 0.2) is 55.8 Å². The highest BCUT2D eigenvalue weighted by Gasteiger charge is 2.13. The quantitative estimate of drug-likeness (QED) is 0.496. The van der Waals surface area contributed by atoms with Gasteiger partial charge in [0.25, 0.3) is 0 Å². The van der Waals surface area contributed by atoms with Crippen molar-refractivity contribution in [3.05, 3.63) is 62.2 Å². The summed E-state index contributed by atoms with van der Waals surface area (Å²) in [7, 11) is 0. The molecule has 0 saturated heterocycles. The van der Waals surface area contributed by atoms with E-state index in [2.05, 4.69) is 50.2 Å². The molecule has 0 aliphatic rings. The first-order chi connectivity index (χ1) is 10.0. The second-order valence-corrected chi connectivity index (χ2v) is 6.91. The van der Waals surface area contributed by atoms with Gasteiger partial charge >= 0.3 is 0 Å². The lowest BCUT2D eigenvalue weighted by Gasteiger charge is -2.14. The first-order valence-electron chi connectivity index (χ1n) is 6.44. The van der Waals surface area contributed by atoms with E-state index in [9.17, 15) is 0 Å². The summed E-state index contributed by atoms with van der Waals surface area (Å²) in [6, 6.07) is 13.8. The van der Waals surface area contributed by atoms with Gasteiger partial charge in [0.05, 0.1) is 21.2 Å². The molecule has 1 atom stereocenters. The van der Waals surface area contributed by atoms with Gasteiger partial charge in [0.2, 0.25) is 0 Å². The van der Waals surface area contributed by atoms with Crippen molar-refractivity contribution in [2.45, 2.75) is 13.0 Å². The van der Waals surface area contributed by atoms with E-state index in [1.54, 1.807) is 0 Å². The third-order valence-electron chi connectivity index (χ3n) is 3.25. The Balaban J connectivity index is 1.89. The Morgan fingerprint density at radius 3 is 2.76 bits per heavy atom. The minimum atomic E-state index is 0.0333. The lowest BCUT2D eigenvalue weighted by molar-refractivity contribution is 0.526. The molecule has 1 aromatic heterocycles. The molecule has 0 bridgehead atoms. The number of halogens is 3. The number of hydrogen-bond donors (Lipinski definition) is 1. The molecule has 2 nitrogen and oxygen atoms in total. The number of hydrogen-bond acceptors (Lipinski definition) is 2. The number of nitrogens with one attached hydrogen (secondary N) is 1. The number of benzene rings is 2. The molecular formula is C16H12Br2ClNO. The fourth-order valence-electron chi connectivity index (χ4n) is 2.17. The van der Waals surface area contributed by atoms with Crippen molar-refractivity contribution in [2.75, 3.05) is 5.32 Å². The summed E-state index contributed by atoms with van der Waals surface area (Å²) in [6.45, 7) is 2.06. The van der Waals surface area contributed by atoms with E-state index in [4.69, 9.17) is 16.0 Å². The predicted molar refractivity (Wildman–Crippen MR) is 95.1 cm³/mol. The summed E-state index contributed by atoms with van der Waals surface area (Å²) < 4.78 is 7.80. The SMILES string of the molecule is CC(Nc1cccc(Cl)c1Br)c1cc2cc(Br)ccc2o1. The van der Waals surface area contributed by atoms with Crippen molar-refractivity contribution in [1.82, 2.24) is 0 Å². The molecule has 1 N–H and O–H groups in total. The van der Waals surface area contributed by atoms with E-state index < -0.39 is 0 Å². The molecule has 0 amide bonds. The molecule has 0 fully saturated rings. The van der Waals surface area contributed by atoms with Crippen LogP contribution >= 0.6 is 43.5 Å². The zero-order valence-electron chi connectivity index (χ0n) is 11.2. The topological polar surface area (TPSA) is 25.2 Å². The Morgan fingerprint density at radius 2 is 1.95 bits per heavy atom. The zero-order chi connectivity index (χ0) is 15.0. The van der Waals surface area contributed by atoms with Crippen molar-refractivity contribution in [3.63, 3.8) is 0 Å². The van der Waals surface area contributed by atoms with E-state index in [0.29, 0.717) is 5.02 Å². The van der Waals surface area contributed by atoms with Gasteiger partial charge in [0.1, 0.15) is 11.3 Å². The second kappa shape index (κ2) is 6.03. The van der Waals surface area contributed by atoms with Gasteiger partial charge in [0, 0.05) is 9.86 Å². The van der Waals surface area contributed by atoms with Crippen LogP contribution in [-0.2, 0) is 0 Å². The molecule has 3 aromatic rings. The van der Waals surface area contributed by atoms with Crippen LogP contribution in [0.1, 0.15) is 18.7 Å². The Hall–Kier alpha value is -0.970. The highest BCUT2D eigenvalue weighted by atomic mass is 79.9. The van der Waals surface area contributed by atoms with Crippen molar-refractivity contribution in [3.8, 4) is 0 Å². The highest BCUT2D eigenvalue weighted by molar-refractivity contribution is 9.11. The maximum Gasteiger partial charge on any atom is 0.134 e. The lowest BCUT2D eigenvalue weighted by atomic mass is 10.2. The standard InChI is InChI=1S/C16H12Br2ClNO/c1-9(20-13-4-2-3-12(19)16(13)18)15-8-10-7-11(17)5-6-14(10)21-15/h2-9,20H,1H3. The van der Waals surface area contributed by atoms with Gasteiger partial charge in [-0.3, -0.25) is 0 Å². The Bertz CT molecular complexity index is 800. The van der Waals surface area contributed by atoms with Crippen LogP contribution in [0.25, 0.3) is 11.0 Å². The number of fused-ring (bicyclic) bond motifs is 1. The van der Waals surface area contributed by atoms with Crippen LogP contribution in [0.5, 0.6) is 0 Å². The third kappa shape index (κ3) is 3.12. The molecule has 0 spiro atoms. The fraction of sp³-hybridized carbons (Fsp3) is 0.125. The molecule has 0 aliphatic heterocycles. The molecule has 1 heterocycles. The van der Waals surface area contributed by atoms with Crippen LogP contribution < -0.4 is 5.32 Å². The number of anilines is 1. The first kappa shape index (κ1) is 14.9. The third-order valence-corrected chi connectivity index (χ3v) is 5.14. The van der Waals surface area contributed by atoms with Gasteiger partial charge in [0.15, 0.2) is 0 Å². The van der Waals surface area contributed by atoms with Crippen molar-refractivity contribution in [2.24, 2.45) is 0 Å². The molecule has 21 heavy (non-hydrogen) atoms. The molecule has 0 saturated carbocycles. The van der Waals surface area contributed by atoms with Crippen molar-refractivity contribution in [1.29, 1.82) is 0 Å². The Labute approximate surface area is 144 Å².